The first-order chi connectivity index (χ1) is 10.7. The molecule has 1 N–H and O–H groups in total. The Morgan fingerprint density at radius 2 is 1.52 bits per heavy atom. The highest BCUT2D eigenvalue weighted by Gasteiger charge is 2.17. The van der Waals surface area contributed by atoms with Crippen LogP contribution >= 0.6 is 0 Å². The number of aromatic carboxylic acids is 1. The molecule has 23 heavy (non-hydrogen) atoms. The predicted octanol–water partition coefficient (Wildman–Crippen LogP) is 1.09. The van der Waals surface area contributed by atoms with E-state index in [0.717, 1.165) is 4.57 Å². The van der Waals surface area contributed by atoms with Crippen LogP contribution in [0.1, 0.15) is 24.2 Å². The quantitative estimate of drug-likeness (QED) is 0.665. The van der Waals surface area contributed by atoms with Gasteiger partial charge in [0.05, 0.1) is 5.52 Å². The van der Waals surface area contributed by atoms with Crippen LogP contribution < -0.4 is 15.0 Å². The zero-order valence-corrected chi connectivity index (χ0v) is 12.6. The van der Waals surface area contributed by atoms with Crippen molar-refractivity contribution >= 4 is 28.8 Å². The van der Waals surface area contributed by atoms with E-state index < -0.39 is 29.0 Å². The van der Waals surface area contributed by atoms with E-state index in [4.69, 9.17) is 14.6 Å². The lowest BCUT2D eigenvalue weighted by molar-refractivity contribution is -0.134. The largest absolute Gasteiger partial charge is 0.477 e. The summed E-state index contributed by atoms with van der Waals surface area (Å²) in [6.07, 6.45) is 0. The maximum atomic E-state index is 12.0. The van der Waals surface area contributed by atoms with Gasteiger partial charge < -0.3 is 19.1 Å². The van der Waals surface area contributed by atoms with Crippen LogP contribution in [0.3, 0.4) is 0 Å². The molecule has 1 heterocycles. The lowest BCUT2D eigenvalue weighted by Gasteiger charge is -2.12. The SMILES string of the molecule is CC(=O)Oc1cc2cc(C(=O)O)c(=O)n(C)c2cc1OC(C)=O. The molecule has 0 saturated carbocycles. The molecule has 0 aliphatic heterocycles. The molecule has 0 fully saturated rings. The van der Waals surface area contributed by atoms with Crippen molar-refractivity contribution in [2.75, 3.05) is 0 Å². The van der Waals surface area contributed by atoms with Gasteiger partial charge >= 0.3 is 17.9 Å². The molecule has 2 rings (SSSR count). The minimum Gasteiger partial charge on any atom is -0.477 e. The van der Waals surface area contributed by atoms with Crippen LogP contribution in [-0.2, 0) is 16.6 Å². The van der Waals surface area contributed by atoms with Gasteiger partial charge in [-0.05, 0) is 12.1 Å². The van der Waals surface area contributed by atoms with E-state index in [1.165, 1.54) is 39.1 Å². The second kappa shape index (κ2) is 5.91. The third kappa shape index (κ3) is 3.20. The van der Waals surface area contributed by atoms with E-state index in [2.05, 4.69) is 0 Å². The number of ether oxygens (including phenoxy) is 2. The molecular formula is C15H13NO7. The second-order valence-corrected chi connectivity index (χ2v) is 4.77. The van der Waals surface area contributed by atoms with Crippen LogP contribution in [0, 0.1) is 0 Å². The van der Waals surface area contributed by atoms with Crippen LogP contribution in [0.2, 0.25) is 0 Å². The number of carbonyl (C=O) groups excluding carboxylic acids is 2. The topological polar surface area (TPSA) is 112 Å². The average molecular weight is 319 g/mol. The normalized spacial score (nSPS) is 10.4. The molecule has 0 aliphatic carbocycles. The zero-order valence-electron chi connectivity index (χ0n) is 12.6. The van der Waals surface area contributed by atoms with Gasteiger partial charge in [0.15, 0.2) is 11.5 Å². The van der Waals surface area contributed by atoms with Crippen molar-refractivity contribution in [3.8, 4) is 11.5 Å². The third-order valence-electron chi connectivity index (χ3n) is 3.03. The van der Waals surface area contributed by atoms with Crippen LogP contribution in [-0.4, -0.2) is 27.6 Å². The van der Waals surface area contributed by atoms with Crippen LogP contribution in [0.15, 0.2) is 23.0 Å². The zero-order chi connectivity index (χ0) is 17.3. The fourth-order valence-corrected chi connectivity index (χ4v) is 2.10. The number of esters is 2. The fraction of sp³-hybridized carbons (Fsp3) is 0.200. The van der Waals surface area contributed by atoms with Gasteiger partial charge in [-0.1, -0.05) is 0 Å². The lowest BCUT2D eigenvalue weighted by atomic mass is 10.1. The Bertz CT molecular complexity index is 895. The summed E-state index contributed by atoms with van der Waals surface area (Å²) in [6, 6.07) is 3.84. The standard InChI is InChI=1S/C15H13NO7/c1-7(17)22-12-5-9-4-10(15(20)21)14(19)16(3)11(9)6-13(12)23-8(2)18/h4-6H,1-3H3,(H,20,21). The van der Waals surface area contributed by atoms with Gasteiger partial charge in [-0.15, -0.1) is 0 Å². The second-order valence-electron chi connectivity index (χ2n) is 4.77. The summed E-state index contributed by atoms with van der Waals surface area (Å²) in [6.45, 7) is 2.35. The first-order valence-electron chi connectivity index (χ1n) is 6.48. The summed E-state index contributed by atoms with van der Waals surface area (Å²) >= 11 is 0. The first-order valence-corrected chi connectivity index (χ1v) is 6.48. The molecule has 0 radical (unpaired) electrons. The van der Waals surface area contributed by atoms with E-state index in [0.29, 0.717) is 10.9 Å². The molecule has 0 spiro atoms. The van der Waals surface area contributed by atoms with Gasteiger partial charge in [0.25, 0.3) is 5.56 Å². The molecule has 0 atom stereocenters. The number of pyridine rings is 1. The number of carbonyl (C=O) groups is 3. The summed E-state index contributed by atoms with van der Waals surface area (Å²) in [4.78, 5) is 45.5. The van der Waals surface area contributed by atoms with Gasteiger partial charge in [0.1, 0.15) is 5.56 Å². The number of benzene rings is 1. The van der Waals surface area contributed by atoms with Gasteiger partial charge in [-0.2, -0.15) is 0 Å². The van der Waals surface area contributed by atoms with Crippen molar-refractivity contribution in [2.45, 2.75) is 13.8 Å². The number of carboxylic acids is 1. The van der Waals surface area contributed by atoms with Gasteiger partial charge in [0.2, 0.25) is 0 Å². The van der Waals surface area contributed by atoms with Crippen molar-refractivity contribution in [2.24, 2.45) is 7.05 Å². The van der Waals surface area contributed by atoms with Crippen LogP contribution in [0.5, 0.6) is 11.5 Å². The number of hydrogen-bond donors (Lipinski definition) is 1. The summed E-state index contributed by atoms with van der Waals surface area (Å²) in [5.74, 6) is -2.73. The molecule has 1 aromatic heterocycles. The van der Waals surface area contributed by atoms with Crippen molar-refractivity contribution in [1.29, 1.82) is 0 Å². The van der Waals surface area contributed by atoms with Crippen LogP contribution in [0.4, 0.5) is 0 Å². The molecule has 120 valence electrons. The molecule has 0 saturated heterocycles. The third-order valence-corrected chi connectivity index (χ3v) is 3.03. The lowest BCUT2D eigenvalue weighted by Crippen LogP contribution is -2.24. The Morgan fingerprint density at radius 3 is 2.00 bits per heavy atom. The number of fused-ring (bicyclic) bond motifs is 1. The Hall–Kier alpha value is -3.16. The molecule has 0 aliphatic rings. The maximum Gasteiger partial charge on any atom is 0.341 e. The summed E-state index contributed by atoms with van der Waals surface area (Å²) < 4.78 is 11.1. The first kappa shape index (κ1) is 16.2. The number of aryl methyl sites for hydroxylation is 1. The number of rotatable bonds is 3. The highest BCUT2D eigenvalue weighted by atomic mass is 16.6. The maximum absolute atomic E-state index is 12.0. The number of nitrogens with zero attached hydrogens (tertiary/aromatic N) is 1. The molecular weight excluding hydrogens is 306 g/mol. The monoisotopic (exact) mass is 319 g/mol. The summed E-state index contributed by atoms with van der Waals surface area (Å²) in [5.41, 5.74) is -0.805. The summed E-state index contributed by atoms with van der Waals surface area (Å²) in [7, 11) is 1.39. The van der Waals surface area contributed by atoms with Crippen molar-refractivity contribution < 1.29 is 29.0 Å². The Morgan fingerprint density at radius 1 is 1.00 bits per heavy atom. The minimum absolute atomic E-state index is 0.0433. The van der Waals surface area contributed by atoms with E-state index in [9.17, 15) is 19.2 Å². The van der Waals surface area contributed by atoms with Crippen molar-refractivity contribution in [1.82, 2.24) is 4.57 Å². The Kier molecular flexibility index (Phi) is 4.17. The fourth-order valence-electron chi connectivity index (χ4n) is 2.10. The van der Waals surface area contributed by atoms with Gasteiger partial charge in [0, 0.05) is 32.3 Å². The molecule has 8 nitrogen and oxygen atoms in total. The van der Waals surface area contributed by atoms with E-state index >= 15 is 0 Å². The smallest absolute Gasteiger partial charge is 0.341 e. The molecule has 1 aromatic carbocycles. The van der Waals surface area contributed by atoms with Gasteiger partial charge in [-0.3, -0.25) is 14.4 Å². The van der Waals surface area contributed by atoms with E-state index in [-0.39, 0.29) is 11.5 Å². The molecule has 8 heteroatoms. The van der Waals surface area contributed by atoms with Crippen molar-refractivity contribution in [3.63, 3.8) is 0 Å². The molecule has 0 bridgehead atoms. The highest BCUT2D eigenvalue weighted by molar-refractivity contribution is 5.94. The van der Waals surface area contributed by atoms with Crippen molar-refractivity contribution in [3.05, 3.63) is 34.1 Å². The number of carboxylic acid groups (broad SMARTS) is 1. The average Bonchev–Trinajstić information content (AvgIpc) is 2.42. The van der Waals surface area contributed by atoms with E-state index in [1.54, 1.807) is 0 Å². The van der Waals surface area contributed by atoms with Crippen LogP contribution in [0.25, 0.3) is 10.9 Å². The predicted molar refractivity (Wildman–Crippen MR) is 78.8 cm³/mol. The summed E-state index contributed by atoms with van der Waals surface area (Å²) in [5, 5.41) is 9.41. The Labute approximate surface area is 129 Å². The minimum atomic E-state index is -1.37. The van der Waals surface area contributed by atoms with E-state index in [1.807, 2.05) is 0 Å². The highest BCUT2D eigenvalue weighted by Crippen LogP contribution is 2.32. The number of hydrogen-bond acceptors (Lipinski definition) is 6. The molecule has 0 amide bonds. The Balaban J connectivity index is 2.80. The molecule has 0 unspecified atom stereocenters. The van der Waals surface area contributed by atoms with Gasteiger partial charge in [-0.25, -0.2) is 4.79 Å². The number of aromatic nitrogens is 1. The molecule has 2 aromatic rings.